The Morgan fingerprint density at radius 2 is 1.95 bits per heavy atom. The van der Waals surface area contributed by atoms with Crippen molar-refractivity contribution in [3.05, 3.63) is 28.2 Å². The molecule has 0 atom stereocenters. The first kappa shape index (κ1) is 16.0. The molecule has 1 amide bonds. The highest BCUT2D eigenvalue weighted by atomic mass is 79.9. The summed E-state index contributed by atoms with van der Waals surface area (Å²) in [4.78, 5) is 23.2. The molecule has 0 aromatic heterocycles. The lowest BCUT2D eigenvalue weighted by atomic mass is 9.86. The Morgan fingerprint density at radius 3 is 2.62 bits per heavy atom. The lowest BCUT2D eigenvalue weighted by Crippen LogP contribution is -2.17. The average Bonchev–Trinajstić information content (AvgIpc) is 2.48. The molecule has 1 fully saturated rings. The van der Waals surface area contributed by atoms with Crippen LogP contribution in [0.4, 0.5) is 5.69 Å². The van der Waals surface area contributed by atoms with Crippen LogP contribution >= 0.6 is 15.9 Å². The van der Waals surface area contributed by atoms with Gasteiger partial charge in [0.25, 0.3) is 0 Å². The minimum absolute atomic E-state index is 0.107. The van der Waals surface area contributed by atoms with Gasteiger partial charge in [0.05, 0.1) is 11.3 Å². The largest absolute Gasteiger partial charge is 0.478 e. The maximum Gasteiger partial charge on any atom is 0.337 e. The molecule has 0 heterocycles. The molecular weight excluding hydrogens is 334 g/mol. The van der Waals surface area contributed by atoms with Gasteiger partial charge in [-0.05, 0) is 40.4 Å². The van der Waals surface area contributed by atoms with E-state index in [0.29, 0.717) is 22.5 Å². The van der Waals surface area contributed by atoms with Crippen molar-refractivity contribution < 1.29 is 14.7 Å². The summed E-state index contributed by atoms with van der Waals surface area (Å²) < 4.78 is 0.591. The van der Waals surface area contributed by atoms with Crippen molar-refractivity contribution in [1.82, 2.24) is 0 Å². The molecule has 0 aliphatic heterocycles. The molecule has 0 radical (unpaired) electrons. The normalized spacial score (nSPS) is 15.7. The van der Waals surface area contributed by atoms with Gasteiger partial charge in [-0.15, -0.1) is 0 Å². The van der Waals surface area contributed by atoms with Gasteiger partial charge in [0.15, 0.2) is 0 Å². The molecule has 21 heavy (non-hydrogen) atoms. The van der Waals surface area contributed by atoms with E-state index < -0.39 is 5.97 Å². The Morgan fingerprint density at radius 1 is 1.24 bits per heavy atom. The minimum atomic E-state index is -1.04. The number of halogens is 1. The Kier molecular flexibility index (Phi) is 5.79. The van der Waals surface area contributed by atoms with Gasteiger partial charge in [-0.2, -0.15) is 0 Å². The fourth-order valence-electron chi connectivity index (χ4n) is 2.84. The standard InChI is InChI=1S/C16H20BrNO3/c17-13-8-4-7-12(16(20)21)15(13)18-14(19)10-9-11-5-2-1-3-6-11/h4,7-8,11H,1-3,5-6,9-10H2,(H,18,19)(H,20,21). The predicted octanol–water partition coefficient (Wildman–Crippen LogP) is 4.45. The van der Waals surface area contributed by atoms with Crippen molar-refractivity contribution in [1.29, 1.82) is 0 Å². The van der Waals surface area contributed by atoms with Gasteiger partial charge in [0.2, 0.25) is 5.91 Å². The molecule has 1 saturated carbocycles. The van der Waals surface area contributed by atoms with Crippen molar-refractivity contribution in [3.63, 3.8) is 0 Å². The number of carbonyl (C=O) groups excluding carboxylic acids is 1. The van der Waals surface area contributed by atoms with Crippen molar-refractivity contribution in [3.8, 4) is 0 Å². The van der Waals surface area contributed by atoms with Gasteiger partial charge < -0.3 is 10.4 Å². The summed E-state index contributed by atoms with van der Waals surface area (Å²) in [6.07, 6.45) is 7.59. The SMILES string of the molecule is O=C(CCC1CCCCC1)Nc1c(Br)cccc1C(=O)O. The monoisotopic (exact) mass is 353 g/mol. The van der Waals surface area contributed by atoms with Crippen LogP contribution in [0.2, 0.25) is 0 Å². The number of hydrogen-bond donors (Lipinski definition) is 2. The van der Waals surface area contributed by atoms with E-state index in [0.717, 1.165) is 6.42 Å². The van der Waals surface area contributed by atoms with Crippen molar-refractivity contribution in [2.45, 2.75) is 44.9 Å². The number of nitrogens with one attached hydrogen (secondary N) is 1. The molecule has 1 aromatic carbocycles. The van der Waals surface area contributed by atoms with Crippen LogP contribution in [0, 0.1) is 5.92 Å². The number of aromatic carboxylic acids is 1. The Bertz CT molecular complexity index is 524. The molecule has 2 N–H and O–H groups in total. The average molecular weight is 354 g/mol. The quantitative estimate of drug-likeness (QED) is 0.821. The molecule has 114 valence electrons. The second-order valence-corrected chi connectivity index (χ2v) is 6.41. The van der Waals surface area contributed by atoms with E-state index >= 15 is 0 Å². The summed E-state index contributed by atoms with van der Waals surface area (Å²) in [6.45, 7) is 0. The van der Waals surface area contributed by atoms with Gasteiger partial charge in [-0.25, -0.2) is 4.79 Å². The summed E-state index contributed by atoms with van der Waals surface area (Å²) in [6, 6.07) is 4.86. The van der Waals surface area contributed by atoms with E-state index in [2.05, 4.69) is 21.2 Å². The van der Waals surface area contributed by atoms with Crippen LogP contribution < -0.4 is 5.32 Å². The third-order valence-electron chi connectivity index (χ3n) is 4.01. The number of carboxylic acids is 1. The summed E-state index contributed by atoms with van der Waals surface area (Å²) in [5.41, 5.74) is 0.453. The van der Waals surface area contributed by atoms with E-state index in [1.54, 1.807) is 12.1 Å². The van der Waals surface area contributed by atoms with Gasteiger partial charge in [0.1, 0.15) is 0 Å². The van der Waals surface area contributed by atoms with Crippen LogP contribution in [0.3, 0.4) is 0 Å². The van der Waals surface area contributed by atoms with Crippen LogP contribution in [0.25, 0.3) is 0 Å². The number of carboxylic acid groups (broad SMARTS) is 1. The molecule has 1 aliphatic carbocycles. The number of rotatable bonds is 5. The van der Waals surface area contributed by atoms with E-state index in [9.17, 15) is 9.59 Å². The number of para-hydroxylation sites is 1. The molecule has 1 aromatic rings. The zero-order chi connectivity index (χ0) is 15.2. The first-order valence-electron chi connectivity index (χ1n) is 7.39. The number of anilines is 1. The first-order chi connectivity index (χ1) is 10.1. The highest BCUT2D eigenvalue weighted by Gasteiger charge is 2.17. The van der Waals surface area contributed by atoms with Crippen molar-refractivity contribution in [2.75, 3.05) is 5.32 Å². The van der Waals surface area contributed by atoms with E-state index in [1.165, 1.54) is 38.2 Å². The summed E-state index contributed by atoms with van der Waals surface area (Å²) in [5, 5.41) is 11.9. The minimum Gasteiger partial charge on any atom is -0.478 e. The molecular formula is C16H20BrNO3. The number of hydrogen-bond acceptors (Lipinski definition) is 2. The molecule has 0 bridgehead atoms. The van der Waals surface area contributed by atoms with E-state index in [1.807, 2.05) is 0 Å². The summed E-state index contributed by atoms with van der Waals surface area (Å²) >= 11 is 3.29. The highest BCUT2D eigenvalue weighted by molar-refractivity contribution is 9.10. The Hall–Kier alpha value is -1.36. The van der Waals surface area contributed by atoms with E-state index in [-0.39, 0.29) is 11.5 Å². The molecule has 1 aliphatic rings. The number of carbonyl (C=O) groups is 2. The van der Waals surface area contributed by atoms with Gasteiger partial charge in [-0.1, -0.05) is 38.2 Å². The Balaban J connectivity index is 1.94. The van der Waals surface area contributed by atoms with Crippen LogP contribution in [0.15, 0.2) is 22.7 Å². The van der Waals surface area contributed by atoms with Crippen molar-refractivity contribution >= 4 is 33.5 Å². The highest BCUT2D eigenvalue weighted by Crippen LogP contribution is 2.29. The van der Waals surface area contributed by atoms with Crippen molar-refractivity contribution in [2.24, 2.45) is 5.92 Å². The van der Waals surface area contributed by atoms with E-state index in [4.69, 9.17) is 5.11 Å². The second-order valence-electron chi connectivity index (χ2n) is 5.56. The lowest BCUT2D eigenvalue weighted by Gasteiger charge is -2.21. The zero-order valence-corrected chi connectivity index (χ0v) is 13.5. The third kappa shape index (κ3) is 4.56. The molecule has 5 heteroatoms. The fraction of sp³-hybridized carbons (Fsp3) is 0.500. The van der Waals surface area contributed by atoms with Gasteiger partial charge in [0, 0.05) is 10.9 Å². The van der Waals surface area contributed by atoms with Gasteiger partial charge >= 0.3 is 5.97 Å². The summed E-state index contributed by atoms with van der Waals surface area (Å²) in [5.74, 6) is -0.517. The maximum absolute atomic E-state index is 12.1. The third-order valence-corrected chi connectivity index (χ3v) is 4.67. The topological polar surface area (TPSA) is 66.4 Å². The Labute approximate surface area is 133 Å². The number of benzene rings is 1. The van der Waals surface area contributed by atoms with Gasteiger partial charge in [-0.3, -0.25) is 4.79 Å². The second kappa shape index (κ2) is 7.59. The maximum atomic E-state index is 12.1. The van der Waals surface area contributed by atoms with Crippen LogP contribution in [-0.2, 0) is 4.79 Å². The van der Waals surface area contributed by atoms with Crippen LogP contribution in [-0.4, -0.2) is 17.0 Å². The fourth-order valence-corrected chi connectivity index (χ4v) is 3.31. The molecule has 4 nitrogen and oxygen atoms in total. The zero-order valence-electron chi connectivity index (χ0n) is 11.9. The molecule has 0 saturated heterocycles. The number of amides is 1. The smallest absolute Gasteiger partial charge is 0.337 e. The van der Waals surface area contributed by atoms with Crippen LogP contribution in [0.5, 0.6) is 0 Å². The lowest BCUT2D eigenvalue weighted by molar-refractivity contribution is -0.116. The molecule has 0 spiro atoms. The predicted molar refractivity (Wildman–Crippen MR) is 85.5 cm³/mol. The van der Waals surface area contributed by atoms with Crippen LogP contribution in [0.1, 0.15) is 55.3 Å². The summed E-state index contributed by atoms with van der Waals surface area (Å²) in [7, 11) is 0. The molecule has 0 unspecified atom stereocenters. The molecule has 2 rings (SSSR count). The first-order valence-corrected chi connectivity index (χ1v) is 8.19.